The maximum Gasteiger partial charge on any atom is 0.341 e. The average molecular weight is 1570 g/mol. The Morgan fingerprint density at radius 2 is 0.766 bits per heavy atom. The van der Waals surface area contributed by atoms with Crippen molar-refractivity contribution in [2.45, 2.75) is 61.8 Å². The minimum Gasteiger partial charge on any atom is -0.477 e. The van der Waals surface area contributed by atoms with Gasteiger partial charge in [0, 0.05) is 50.5 Å². The van der Waals surface area contributed by atoms with Crippen molar-refractivity contribution in [2.24, 2.45) is 0 Å². The van der Waals surface area contributed by atoms with Crippen LogP contribution in [-0.2, 0) is 38.3 Å². The molecule has 4 aromatic heterocycles. The predicted molar refractivity (Wildman–Crippen MR) is 377 cm³/mol. The SMILES string of the molecule is C.CC(=O)Nc1ccc(N)cn1.CC(=O)Nc1ccc(NC(=O)c2c(F)ccc(N)c2F)cn1.CC(=O)Nc1ccc(NC(=O)c2c(F)ccc([N+](=O)[O-])c2F)cn1.CCCS(=O)(=O)Cl.CCCS(=O)(=O)Nc1ccc(F)c(C(=O)Nc2ccc(NC(C)=O)nc2)c1F.O=C(O)c1c(F)ccc([N+](=O)[O-])c1F. The molecule has 0 saturated carbocycles. The number of carboxylic acid groups (broad SMARTS) is 1. The lowest BCUT2D eigenvalue weighted by Crippen LogP contribution is -2.20. The van der Waals surface area contributed by atoms with Crippen molar-refractivity contribution < 1.29 is 105 Å². The molecule has 4 aromatic carbocycles. The van der Waals surface area contributed by atoms with Gasteiger partial charge in [-0.05, 0) is 97.8 Å². The Morgan fingerprint density at radius 1 is 0.449 bits per heavy atom. The van der Waals surface area contributed by atoms with Gasteiger partial charge in [0.05, 0.1) is 80.3 Å². The molecule has 0 fully saturated rings. The van der Waals surface area contributed by atoms with Crippen LogP contribution >= 0.6 is 10.7 Å². The molecule has 0 saturated heterocycles. The van der Waals surface area contributed by atoms with E-state index in [0.717, 1.165) is 30.5 Å². The smallest absolute Gasteiger partial charge is 0.341 e. The lowest BCUT2D eigenvalue weighted by atomic mass is 10.1. The van der Waals surface area contributed by atoms with Crippen LogP contribution in [0.1, 0.15) is 103 Å². The van der Waals surface area contributed by atoms with Crippen LogP contribution in [0, 0.1) is 66.8 Å². The summed E-state index contributed by atoms with van der Waals surface area (Å²) >= 11 is 0. The average Bonchev–Trinajstić information content (AvgIpc) is 0.826. The number of hydrogen-bond donors (Lipinski definition) is 11. The Bertz CT molecular complexity index is 4820. The number of carbonyl (C=O) groups is 8. The summed E-state index contributed by atoms with van der Waals surface area (Å²) in [6.07, 6.45) is 5.96. The number of nitrogens with two attached hydrogens (primary N) is 2. The van der Waals surface area contributed by atoms with E-state index in [4.69, 9.17) is 27.3 Å². The summed E-state index contributed by atoms with van der Waals surface area (Å²) in [5.74, 6) is -15.7. The van der Waals surface area contributed by atoms with Crippen LogP contribution in [0.5, 0.6) is 0 Å². The fourth-order valence-electron chi connectivity index (χ4n) is 7.52. The minimum atomic E-state index is -3.82. The highest BCUT2D eigenvalue weighted by atomic mass is 35.7. The van der Waals surface area contributed by atoms with Gasteiger partial charge < -0.3 is 53.8 Å². The van der Waals surface area contributed by atoms with Gasteiger partial charge in [0.2, 0.25) is 54.3 Å². The summed E-state index contributed by atoms with van der Waals surface area (Å²) in [4.78, 5) is 124. The topological polar surface area (TPSA) is 511 Å². The van der Waals surface area contributed by atoms with Gasteiger partial charge in [-0.1, -0.05) is 21.3 Å². The molecule has 572 valence electrons. The zero-order chi connectivity index (χ0) is 80.1. The summed E-state index contributed by atoms with van der Waals surface area (Å²) in [7, 11) is -2.22. The van der Waals surface area contributed by atoms with Crippen LogP contribution in [0.4, 0.5) is 104 Å². The molecule has 0 unspecified atom stereocenters. The van der Waals surface area contributed by atoms with Crippen molar-refractivity contribution in [1.82, 2.24) is 19.9 Å². The number of sulfonamides is 1. The molecule has 13 N–H and O–H groups in total. The number of nitrogen functional groups attached to an aromatic ring is 2. The van der Waals surface area contributed by atoms with Crippen molar-refractivity contribution in [2.75, 3.05) is 64.9 Å². The third-order valence-corrected chi connectivity index (χ3v) is 14.7. The zero-order valence-electron chi connectivity index (χ0n) is 55.4. The first-order valence-electron chi connectivity index (χ1n) is 29.3. The molecular weight excluding hydrogens is 1500 g/mol. The van der Waals surface area contributed by atoms with Crippen LogP contribution in [-0.4, -0.2) is 111 Å². The second-order valence-electron chi connectivity index (χ2n) is 20.5. The van der Waals surface area contributed by atoms with E-state index in [1.807, 2.05) is 4.72 Å². The molecule has 0 aliphatic rings. The van der Waals surface area contributed by atoms with Gasteiger partial charge in [-0.3, -0.25) is 58.5 Å². The number of halogens is 9. The van der Waals surface area contributed by atoms with E-state index in [2.05, 4.69) is 57.2 Å². The number of aromatic nitrogens is 4. The van der Waals surface area contributed by atoms with Gasteiger partial charge in [0.25, 0.3) is 17.7 Å². The fourth-order valence-corrected chi connectivity index (χ4v) is 9.61. The summed E-state index contributed by atoms with van der Waals surface area (Å²) in [5, 5.41) is 45.7. The second-order valence-corrected chi connectivity index (χ2v) is 25.2. The maximum atomic E-state index is 14.6. The van der Waals surface area contributed by atoms with Gasteiger partial charge in [0.15, 0.2) is 11.6 Å². The highest BCUT2D eigenvalue weighted by Gasteiger charge is 2.29. The van der Waals surface area contributed by atoms with E-state index < -0.39 is 138 Å². The molecule has 0 aliphatic carbocycles. The standard InChI is InChI=1S/C17H18F2N4O4S.C14H10F2N4O4.C14H12F2N4O2.C7H3F2NO4.C7H9N3O.C3H7ClO2S.CH4/c1-3-8-28(26,27)23-13-6-5-12(18)15(16(13)19)17(25)22-11-4-7-14(20-9-11)21-10(2)24;1-7(21)18-11-5-2-8(6-17-11)19-14(22)12-9(15)3-4-10(13(12)16)20(23)24;1-7(21)19-11-5-2-8(6-18-11)20-14(22)12-9(15)3-4-10(17)13(12)16;8-3-1-2-4(10(13)14)6(9)5(3)7(11)12;1-5(11)10-7-3-2-6(8)4-9-7;1-2-3-7(4,5)6;/h4-7,9,23H,3,8H2,1-2H3,(H,22,25)(H,20,21,24);2-6H,1H3,(H,19,22)(H,17,18,21);2-6H,17H2,1H3,(H,20,22)(H,18,19,21);1-2H,(H,11,12);2-4H,8H2,1H3,(H,9,10,11);2-3H2,1H3;1H4. The summed E-state index contributed by atoms with van der Waals surface area (Å²) in [6, 6.07) is 17.6. The summed E-state index contributed by atoms with van der Waals surface area (Å²) in [5.41, 5.74) is 4.64. The van der Waals surface area contributed by atoms with Crippen molar-refractivity contribution in [3.8, 4) is 0 Å². The van der Waals surface area contributed by atoms with Crippen LogP contribution in [0.25, 0.3) is 0 Å². The Hall–Kier alpha value is -12.9. The lowest BCUT2D eigenvalue weighted by molar-refractivity contribution is -0.387. The Labute approximate surface area is 606 Å². The monoisotopic (exact) mass is 1570 g/mol. The third-order valence-electron chi connectivity index (χ3n) is 11.9. The molecule has 0 radical (unpaired) electrons. The number of nitro groups is 2. The number of hydrogen-bond acceptors (Lipinski definition) is 22. The van der Waals surface area contributed by atoms with Gasteiger partial charge >= 0.3 is 17.3 Å². The third kappa shape index (κ3) is 30.1. The number of carboxylic acids is 1. The Balaban J connectivity index is 0.000000455. The molecule has 8 aromatic rings. The zero-order valence-corrected chi connectivity index (χ0v) is 57.8. The minimum absolute atomic E-state index is 0. The molecule has 0 atom stereocenters. The van der Waals surface area contributed by atoms with E-state index in [1.165, 1.54) is 82.7 Å². The lowest BCUT2D eigenvalue weighted by Gasteiger charge is -2.12. The van der Waals surface area contributed by atoms with Crippen molar-refractivity contribution in [3.63, 3.8) is 0 Å². The quantitative estimate of drug-likeness (QED) is 0.0118. The van der Waals surface area contributed by atoms with E-state index in [-0.39, 0.29) is 82.8 Å². The van der Waals surface area contributed by atoms with Crippen molar-refractivity contribution in [1.29, 1.82) is 0 Å². The molecule has 4 heterocycles. The molecule has 0 aliphatic heterocycles. The molecule has 33 nitrogen and oxygen atoms in total. The first-order valence-corrected chi connectivity index (χ1v) is 33.4. The Kier molecular flexibility index (Phi) is 35.4. The normalized spacial score (nSPS) is 10.2. The second kappa shape index (κ2) is 42.0. The number of nitrogens with zero attached hydrogens (tertiary/aromatic N) is 6. The van der Waals surface area contributed by atoms with Crippen molar-refractivity contribution in [3.05, 3.63) is 211 Å². The van der Waals surface area contributed by atoms with Crippen molar-refractivity contribution >= 4 is 146 Å². The molecule has 44 heteroatoms. The number of carbonyl (C=O) groups excluding carboxylic acids is 7. The molecule has 0 spiro atoms. The van der Waals surface area contributed by atoms with Crippen LogP contribution in [0.15, 0.2) is 122 Å². The number of nitrogens with one attached hydrogen (secondary N) is 8. The van der Waals surface area contributed by atoms with E-state index in [9.17, 15) is 111 Å². The van der Waals surface area contributed by atoms with E-state index in [0.29, 0.717) is 48.6 Å². The first kappa shape index (κ1) is 90.2. The molecule has 107 heavy (non-hydrogen) atoms. The highest BCUT2D eigenvalue weighted by molar-refractivity contribution is 8.13. The van der Waals surface area contributed by atoms with Crippen LogP contribution in [0.3, 0.4) is 0 Å². The highest BCUT2D eigenvalue weighted by Crippen LogP contribution is 2.28. The van der Waals surface area contributed by atoms with Crippen LogP contribution in [0.2, 0.25) is 0 Å². The number of benzene rings is 4. The van der Waals surface area contributed by atoms with Crippen LogP contribution < -0.4 is 53.4 Å². The number of anilines is 10. The van der Waals surface area contributed by atoms with Gasteiger partial charge in [0.1, 0.15) is 68.8 Å². The van der Waals surface area contributed by atoms with Gasteiger partial charge in [-0.15, -0.1) is 0 Å². The number of amides is 7. The van der Waals surface area contributed by atoms with E-state index >= 15 is 0 Å². The maximum absolute atomic E-state index is 14.6. The Morgan fingerprint density at radius 3 is 1.07 bits per heavy atom. The molecule has 0 bridgehead atoms. The molecule has 7 amide bonds. The van der Waals surface area contributed by atoms with E-state index in [1.54, 1.807) is 26.0 Å². The largest absolute Gasteiger partial charge is 0.477 e. The first-order chi connectivity index (χ1) is 49.5. The van der Waals surface area contributed by atoms with Gasteiger partial charge in [-0.25, -0.2) is 67.9 Å². The van der Waals surface area contributed by atoms with Gasteiger partial charge in [-0.2, -0.15) is 8.78 Å². The molecular formula is C63H63ClF8N16O17S2. The predicted octanol–water partition coefficient (Wildman–Crippen LogP) is 11.1. The number of nitro benzene ring substituents is 2. The summed E-state index contributed by atoms with van der Waals surface area (Å²) < 4.78 is 155. The fraction of sp³-hybridized carbons (Fsp3) is 0.175. The molecule has 8 rings (SSSR count). The number of aromatic carboxylic acids is 1. The number of pyridine rings is 4. The number of rotatable bonds is 19. The summed E-state index contributed by atoms with van der Waals surface area (Å²) in [6.45, 7) is 8.72.